The molecule has 1 aromatic carbocycles. The molecular weight excluding hydrogens is 218 g/mol. The van der Waals surface area contributed by atoms with Crippen LogP contribution in [0.4, 0.5) is 0 Å². The molecule has 0 aliphatic heterocycles. The Kier molecular flexibility index (Phi) is 2.70. The van der Waals surface area contributed by atoms with Gasteiger partial charge in [0.25, 0.3) is 5.56 Å². The van der Waals surface area contributed by atoms with E-state index in [4.69, 9.17) is 11.6 Å². The number of rotatable bonds is 2. The molecule has 4 heteroatoms. The minimum Gasteiger partial charge on any atom is -0.268 e. The average Bonchev–Trinajstić information content (AvgIpc) is 2.52. The molecule has 2 rings (SSSR count). The number of hydrogen-bond donors (Lipinski definition) is 0. The first-order valence-corrected chi connectivity index (χ1v) is 5.36. The third kappa shape index (κ3) is 2.05. The third-order valence-corrected chi connectivity index (χ3v) is 2.92. The molecule has 0 saturated carbocycles. The molecule has 0 atom stereocenters. The van der Waals surface area contributed by atoms with Crippen LogP contribution in [0, 0.1) is 0 Å². The van der Waals surface area contributed by atoms with Gasteiger partial charge in [-0.1, -0.05) is 35.3 Å². The van der Waals surface area contributed by atoms with E-state index >= 15 is 0 Å². The molecule has 0 bridgehead atoms. The number of halogens is 1. The van der Waals surface area contributed by atoms with Crippen LogP contribution in [0.15, 0.2) is 40.5 Å². The Hall–Kier alpha value is -1.06. The van der Waals surface area contributed by atoms with Gasteiger partial charge in [-0.3, -0.25) is 8.75 Å². The number of hydrogen-bond acceptors (Lipinski definition) is 2. The fourth-order valence-electron chi connectivity index (χ4n) is 1.21. The maximum Gasteiger partial charge on any atom is 0.260 e. The minimum absolute atomic E-state index is 0.0370. The molecule has 0 aliphatic rings. The van der Waals surface area contributed by atoms with Gasteiger partial charge in [0.05, 0.1) is 6.54 Å². The van der Waals surface area contributed by atoms with Crippen molar-refractivity contribution in [3.8, 4) is 0 Å². The molecule has 2 aromatic rings. The summed E-state index contributed by atoms with van der Waals surface area (Å²) in [7, 11) is 0. The van der Waals surface area contributed by atoms with E-state index in [1.165, 1.54) is 11.5 Å². The fourth-order valence-corrected chi connectivity index (χ4v) is 2.14. The molecule has 0 N–H and O–H groups in total. The standard InChI is InChI=1S/C10H8ClNOS/c11-9-3-1-2-8(6-9)7-12-10(13)4-5-14-12/h1-6H,7H2. The van der Waals surface area contributed by atoms with Gasteiger partial charge in [-0.05, 0) is 17.7 Å². The third-order valence-electron chi connectivity index (χ3n) is 1.86. The predicted molar refractivity (Wildman–Crippen MR) is 59.1 cm³/mol. The summed E-state index contributed by atoms with van der Waals surface area (Å²) in [6, 6.07) is 9.10. The Morgan fingerprint density at radius 2 is 2.21 bits per heavy atom. The molecule has 0 amide bonds. The lowest BCUT2D eigenvalue weighted by Crippen LogP contribution is -2.12. The van der Waals surface area contributed by atoms with Gasteiger partial charge in [0.15, 0.2) is 0 Å². The zero-order chi connectivity index (χ0) is 9.97. The predicted octanol–water partition coefficient (Wildman–Crippen LogP) is 2.61. The lowest BCUT2D eigenvalue weighted by atomic mass is 10.2. The van der Waals surface area contributed by atoms with E-state index in [-0.39, 0.29) is 5.56 Å². The quantitative estimate of drug-likeness (QED) is 0.770. The zero-order valence-corrected chi connectivity index (χ0v) is 8.89. The second-order valence-electron chi connectivity index (χ2n) is 2.91. The van der Waals surface area contributed by atoms with Crippen molar-refractivity contribution in [2.24, 2.45) is 0 Å². The maximum absolute atomic E-state index is 11.2. The van der Waals surface area contributed by atoms with Crippen molar-refractivity contribution >= 4 is 23.1 Å². The SMILES string of the molecule is O=c1ccsn1Cc1cccc(Cl)c1. The largest absolute Gasteiger partial charge is 0.268 e. The van der Waals surface area contributed by atoms with E-state index in [1.807, 2.05) is 24.3 Å². The molecule has 0 saturated heterocycles. The summed E-state index contributed by atoms with van der Waals surface area (Å²) >= 11 is 7.25. The van der Waals surface area contributed by atoms with Crippen LogP contribution in [-0.4, -0.2) is 3.96 Å². The maximum atomic E-state index is 11.2. The van der Waals surface area contributed by atoms with Crippen LogP contribution in [0.25, 0.3) is 0 Å². The summed E-state index contributed by atoms with van der Waals surface area (Å²) in [4.78, 5) is 11.2. The Labute approximate surface area is 90.5 Å². The van der Waals surface area contributed by atoms with Crippen LogP contribution in [0.3, 0.4) is 0 Å². The van der Waals surface area contributed by atoms with Crippen molar-refractivity contribution in [2.45, 2.75) is 6.54 Å². The fraction of sp³-hybridized carbons (Fsp3) is 0.100. The van der Waals surface area contributed by atoms with Crippen molar-refractivity contribution in [1.82, 2.24) is 3.96 Å². The van der Waals surface area contributed by atoms with Crippen molar-refractivity contribution in [3.05, 3.63) is 56.7 Å². The van der Waals surface area contributed by atoms with Crippen molar-refractivity contribution in [1.29, 1.82) is 0 Å². The van der Waals surface area contributed by atoms with Crippen LogP contribution in [-0.2, 0) is 6.54 Å². The Balaban J connectivity index is 2.27. The molecule has 72 valence electrons. The average molecular weight is 226 g/mol. The van der Waals surface area contributed by atoms with Crippen molar-refractivity contribution in [2.75, 3.05) is 0 Å². The van der Waals surface area contributed by atoms with Gasteiger partial charge in [0.2, 0.25) is 0 Å². The van der Waals surface area contributed by atoms with Crippen LogP contribution in [0.5, 0.6) is 0 Å². The number of benzene rings is 1. The summed E-state index contributed by atoms with van der Waals surface area (Å²) in [6.45, 7) is 0.594. The summed E-state index contributed by atoms with van der Waals surface area (Å²) in [5.74, 6) is 0. The second-order valence-corrected chi connectivity index (χ2v) is 4.27. The van der Waals surface area contributed by atoms with Crippen molar-refractivity contribution in [3.63, 3.8) is 0 Å². The summed E-state index contributed by atoms with van der Waals surface area (Å²) in [5, 5.41) is 2.49. The topological polar surface area (TPSA) is 22.0 Å². The first-order chi connectivity index (χ1) is 6.75. The Morgan fingerprint density at radius 3 is 2.86 bits per heavy atom. The van der Waals surface area contributed by atoms with Gasteiger partial charge in [-0.25, -0.2) is 0 Å². The van der Waals surface area contributed by atoms with Crippen LogP contribution in [0.1, 0.15) is 5.56 Å². The molecule has 1 aromatic heterocycles. The second kappa shape index (κ2) is 3.98. The number of aromatic nitrogens is 1. The summed E-state index contributed by atoms with van der Waals surface area (Å²) < 4.78 is 1.69. The van der Waals surface area contributed by atoms with E-state index in [2.05, 4.69) is 0 Å². The first kappa shape index (κ1) is 9.49. The van der Waals surface area contributed by atoms with Gasteiger partial charge in [-0.15, -0.1) is 0 Å². The van der Waals surface area contributed by atoms with Gasteiger partial charge in [0.1, 0.15) is 0 Å². The van der Waals surface area contributed by atoms with E-state index in [0.717, 1.165) is 5.56 Å². The molecule has 0 radical (unpaired) electrons. The molecular formula is C10H8ClNOS. The summed E-state index contributed by atoms with van der Waals surface area (Å²) in [5.41, 5.74) is 1.08. The molecule has 0 aliphatic carbocycles. The van der Waals surface area contributed by atoms with E-state index < -0.39 is 0 Å². The molecule has 14 heavy (non-hydrogen) atoms. The molecule has 0 spiro atoms. The van der Waals surface area contributed by atoms with Gasteiger partial charge < -0.3 is 0 Å². The smallest absolute Gasteiger partial charge is 0.260 e. The van der Waals surface area contributed by atoms with Gasteiger partial charge >= 0.3 is 0 Å². The highest BCUT2D eigenvalue weighted by Gasteiger charge is 1.98. The first-order valence-electron chi connectivity index (χ1n) is 4.15. The highest BCUT2D eigenvalue weighted by Crippen LogP contribution is 2.11. The zero-order valence-electron chi connectivity index (χ0n) is 7.31. The highest BCUT2D eigenvalue weighted by atomic mass is 35.5. The lowest BCUT2D eigenvalue weighted by Gasteiger charge is -2.00. The summed E-state index contributed by atoms with van der Waals surface area (Å²) in [6.07, 6.45) is 0. The van der Waals surface area contributed by atoms with E-state index in [1.54, 1.807) is 15.4 Å². The van der Waals surface area contributed by atoms with Gasteiger partial charge in [0, 0.05) is 16.5 Å². The van der Waals surface area contributed by atoms with E-state index in [0.29, 0.717) is 11.6 Å². The van der Waals surface area contributed by atoms with Gasteiger partial charge in [-0.2, -0.15) is 0 Å². The molecule has 1 heterocycles. The van der Waals surface area contributed by atoms with Crippen LogP contribution < -0.4 is 5.56 Å². The van der Waals surface area contributed by atoms with Crippen molar-refractivity contribution < 1.29 is 0 Å². The minimum atomic E-state index is 0.0370. The Bertz CT molecular complexity index is 489. The highest BCUT2D eigenvalue weighted by molar-refractivity contribution is 7.04. The Morgan fingerprint density at radius 1 is 1.36 bits per heavy atom. The molecule has 0 unspecified atom stereocenters. The van der Waals surface area contributed by atoms with Crippen LogP contribution >= 0.6 is 23.1 Å². The molecule has 0 fully saturated rings. The van der Waals surface area contributed by atoms with Crippen LogP contribution in [0.2, 0.25) is 5.02 Å². The van der Waals surface area contributed by atoms with E-state index in [9.17, 15) is 4.79 Å². The lowest BCUT2D eigenvalue weighted by molar-refractivity contribution is 0.849. The number of nitrogens with zero attached hydrogens (tertiary/aromatic N) is 1. The monoisotopic (exact) mass is 225 g/mol. The normalized spacial score (nSPS) is 10.4. The molecule has 2 nitrogen and oxygen atoms in total.